The third kappa shape index (κ3) is 9.61. The minimum absolute atomic E-state index is 0.0587. The molecule has 1 aromatic heterocycles. The highest BCUT2D eigenvalue weighted by molar-refractivity contribution is 5.78. The molecule has 0 bridgehead atoms. The molecule has 2 heterocycles. The number of carbonyl (C=O) groups is 1. The summed E-state index contributed by atoms with van der Waals surface area (Å²) in [7, 11) is 0. The Morgan fingerprint density at radius 1 is 1.06 bits per heavy atom. The van der Waals surface area contributed by atoms with Crippen LogP contribution in [0.5, 0.6) is 5.75 Å². The molecule has 6 heteroatoms. The van der Waals surface area contributed by atoms with Gasteiger partial charge in [-0.15, -0.1) is 0 Å². The maximum absolute atomic E-state index is 12.2. The van der Waals surface area contributed by atoms with Crippen molar-refractivity contribution in [2.75, 3.05) is 46.0 Å². The number of aromatic nitrogens is 1. The molecule has 6 nitrogen and oxygen atoms in total. The van der Waals surface area contributed by atoms with E-state index in [1.54, 1.807) is 0 Å². The molecule has 0 radical (unpaired) electrons. The predicted octanol–water partition coefficient (Wildman–Crippen LogP) is 5.11. The number of nitrogens with one attached hydrogen (secondary N) is 1. The molecule has 4 rings (SSSR count). The van der Waals surface area contributed by atoms with Gasteiger partial charge in [0.1, 0.15) is 5.75 Å². The van der Waals surface area contributed by atoms with E-state index in [2.05, 4.69) is 27.3 Å². The first-order chi connectivity index (χ1) is 17.3. The molecule has 192 valence electrons. The van der Waals surface area contributed by atoms with Crippen LogP contribution in [0.3, 0.4) is 0 Å². The summed E-state index contributed by atoms with van der Waals surface area (Å²) in [4.78, 5) is 19.1. The van der Waals surface area contributed by atoms with E-state index >= 15 is 0 Å². The van der Waals surface area contributed by atoms with Gasteiger partial charge in [-0.25, -0.2) is 0 Å². The number of pyridine rings is 1. The minimum Gasteiger partial charge on any atom is -0.494 e. The fourth-order valence-electron chi connectivity index (χ4n) is 4.69. The lowest BCUT2D eigenvalue weighted by Gasteiger charge is -2.26. The van der Waals surface area contributed by atoms with Crippen LogP contribution in [0, 0.1) is 5.92 Å². The van der Waals surface area contributed by atoms with Gasteiger partial charge in [-0.05, 0) is 42.5 Å². The Kier molecular flexibility index (Phi) is 12.1. The normalized spacial score (nSPS) is 16.4. The summed E-state index contributed by atoms with van der Waals surface area (Å²) in [5, 5.41) is 3.05. The molecule has 2 aromatic rings. The quantitative estimate of drug-likeness (QED) is 0.452. The van der Waals surface area contributed by atoms with Gasteiger partial charge < -0.3 is 14.8 Å². The second kappa shape index (κ2) is 15.5. The van der Waals surface area contributed by atoms with Gasteiger partial charge in [0.25, 0.3) is 0 Å². The molecule has 1 aliphatic carbocycles. The average molecular weight is 482 g/mol. The van der Waals surface area contributed by atoms with E-state index in [1.807, 2.05) is 44.3 Å². The molecule has 1 aliphatic heterocycles. The summed E-state index contributed by atoms with van der Waals surface area (Å²) in [5.41, 5.74) is 2.94. The molecule has 1 saturated carbocycles. The summed E-state index contributed by atoms with van der Waals surface area (Å²) in [6, 6.07) is 12.1. The number of carbonyl (C=O) groups excluding carboxylic acids is 1. The first-order valence-corrected chi connectivity index (χ1v) is 13.5. The van der Waals surface area contributed by atoms with Gasteiger partial charge in [0.05, 0.1) is 26.2 Å². The van der Waals surface area contributed by atoms with Gasteiger partial charge in [-0.3, -0.25) is 14.7 Å². The van der Waals surface area contributed by atoms with E-state index in [1.165, 1.54) is 25.7 Å². The van der Waals surface area contributed by atoms with Crippen molar-refractivity contribution in [2.24, 2.45) is 5.92 Å². The Bertz CT molecular complexity index is 842. The Morgan fingerprint density at radius 3 is 2.46 bits per heavy atom. The lowest BCUT2D eigenvalue weighted by Crippen LogP contribution is -2.37. The molecule has 1 aromatic carbocycles. The number of ether oxygens (including phenoxy) is 2. The maximum atomic E-state index is 12.2. The lowest BCUT2D eigenvalue weighted by molar-refractivity contribution is -0.120. The van der Waals surface area contributed by atoms with Crippen LogP contribution in [0.4, 0.5) is 0 Å². The summed E-state index contributed by atoms with van der Waals surface area (Å²) < 4.78 is 11.3. The van der Waals surface area contributed by atoms with Crippen LogP contribution >= 0.6 is 0 Å². The van der Waals surface area contributed by atoms with Crippen molar-refractivity contribution < 1.29 is 14.3 Å². The first kappa shape index (κ1) is 27.2. The molecular formula is C29H43N3O3. The molecule has 0 unspecified atom stereocenters. The highest BCUT2D eigenvalue weighted by Gasteiger charge is 2.15. The van der Waals surface area contributed by atoms with Crippen molar-refractivity contribution in [2.45, 2.75) is 58.8 Å². The average Bonchev–Trinajstić information content (AvgIpc) is 3.43. The number of rotatable bonds is 11. The van der Waals surface area contributed by atoms with Gasteiger partial charge in [-0.1, -0.05) is 57.7 Å². The fraction of sp³-hybridized carbons (Fsp3) is 0.586. The Morgan fingerprint density at radius 2 is 1.77 bits per heavy atom. The van der Waals surface area contributed by atoms with Crippen molar-refractivity contribution in [3.8, 4) is 16.9 Å². The van der Waals surface area contributed by atoms with E-state index in [4.69, 9.17) is 9.47 Å². The topological polar surface area (TPSA) is 63.7 Å². The van der Waals surface area contributed by atoms with Crippen LogP contribution in [0.1, 0.15) is 58.1 Å². The van der Waals surface area contributed by atoms with Crippen LogP contribution in [0.15, 0.2) is 42.6 Å². The number of hydrogen-bond donors (Lipinski definition) is 1. The number of benzene rings is 1. The molecule has 0 spiro atoms. The van der Waals surface area contributed by atoms with Crippen molar-refractivity contribution in [1.82, 2.24) is 15.2 Å². The van der Waals surface area contributed by atoms with Gasteiger partial charge >= 0.3 is 0 Å². The largest absolute Gasteiger partial charge is 0.494 e. The first-order valence-electron chi connectivity index (χ1n) is 13.5. The molecule has 0 atom stereocenters. The van der Waals surface area contributed by atoms with Crippen molar-refractivity contribution in [1.29, 1.82) is 0 Å². The zero-order chi connectivity index (χ0) is 24.7. The van der Waals surface area contributed by atoms with E-state index < -0.39 is 0 Å². The summed E-state index contributed by atoms with van der Waals surface area (Å²) >= 11 is 0. The Balaban J connectivity index is 0.00000167. The smallest absolute Gasteiger partial charge is 0.226 e. The second-order valence-corrected chi connectivity index (χ2v) is 9.18. The zero-order valence-corrected chi connectivity index (χ0v) is 21.6. The van der Waals surface area contributed by atoms with Gasteiger partial charge in [-0.2, -0.15) is 0 Å². The standard InChI is InChI=1S/C27H37N3O3.C2H6/c31-27(28-13-12-22-4-1-2-5-22)20-25-9-6-24(21-29-25)23-7-10-26(11-8-23)33-17-3-14-30-15-18-32-19-16-30;1-2/h6-11,21-22H,1-5,12-20H2,(H,28,31);1-2H3. The second-order valence-electron chi connectivity index (χ2n) is 9.18. The zero-order valence-electron chi connectivity index (χ0n) is 21.6. The third-order valence-corrected chi connectivity index (χ3v) is 6.69. The van der Waals surface area contributed by atoms with Crippen molar-refractivity contribution in [3.05, 3.63) is 48.3 Å². The monoisotopic (exact) mass is 481 g/mol. The van der Waals surface area contributed by atoms with Crippen LogP contribution in [-0.4, -0.2) is 61.8 Å². The molecular weight excluding hydrogens is 438 g/mol. The number of amides is 1. The van der Waals surface area contributed by atoms with Crippen molar-refractivity contribution in [3.63, 3.8) is 0 Å². The summed E-state index contributed by atoms with van der Waals surface area (Å²) in [5.74, 6) is 1.75. The minimum atomic E-state index is 0.0587. The molecule has 35 heavy (non-hydrogen) atoms. The molecule has 1 saturated heterocycles. The van der Waals surface area contributed by atoms with Gasteiger partial charge in [0.15, 0.2) is 0 Å². The SMILES string of the molecule is CC.O=C(Cc1ccc(-c2ccc(OCCCN3CCOCC3)cc2)cn1)NCCC1CCCC1. The van der Waals surface area contributed by atoms with Crippen LogP contribution < -0.4 is 10.1 Å². The van der Waals surface area contributed by atoms with Gasteiger partial charge in [0, 0.05) is 43.6 Å². The lowest BCUT2D eigenvalue weighted by atomic mass is 10.0. The highest BCUT2D eigenvalue weighted by atomic mass is 16.5. The summed E-state index contributed by atoms with van der Waals surface area (Å²) in [6.45, 7) is 10.3. The Hall–Kier alpha value is -2.44. The van der Waals surface area contributed by atoms with Crippen LogP contribution in [0.25, 0.3) is 11.1 Å². The Labute approximate surface area is 211 Å². The summed E-state index contributed by atoms with van der Waals surface area (Å²) in [6.07, 6.45) is 9.64. The van der Waals surface area contributed by atoms with Crippen molar-refractivity contribution >= 4 is 5.91 Å². The number of morpholine rings is 1. The predicted molar refractivity (Wildman–Crippen MR) is 142 cm³/mol. The fourth-order valence-corrected chi connectivity index (χ4v) is 4.69. The maximum Gasteiger partial charge on any atom is 0.226 e. The van der Waals surface area contributed by atoms with E-state index in [9.17, 15) is 4.79 Å². The van der Waals surface area contributed by atoms with E-state index in [0.29, 0.717) is 6.42 Å². The number of nitrogens with zero attached hydrogens (tertiary/aromatic N) is 2. The molecule has 2 aliphatic rings. The molecule has 2 fully saturated rings. The van der Waals surface area contributed by atoms with Gasteiger partial charge in [0.2, 0.25) is 5.91 Å². The van der Waals surface area contributed by atoms with E-state index in [-0.39, 0.29) is 5.91 Å². The van der Waals surface area contributed by atoms with Crippen LogP contribution in [0.2, 0.25) is 0 Å². The molecule has 1 N–H and O–H groups in total. The van der Waals surface area contributed by atoms with E-state index in [0.717, 1.165) is 87.3 Å². The third-order valence-electron chi connectivity index (χ3n) is 6.69. The van der Waals surface area contributed by atoms with Crippen LogP contribution in [-0.2, 0) is 16.0 Å². The molecule has 1 amide bonds. The highest BCUT2D eigenvalue weighted by Crippen LogP contribution is 2.27. The number of hydrogen-bond acceptors (Lipinski definition) is 5.